The minimum Gasteiger partial charge on any atom is -0.466 e. The van der Waals surface area contributed by atoms with Crippen molar-refractivity contribution in [3.05, 3.63) is 47.7 Å². The molecule has 0 spiro atoms. The molecule has 1 aromatic carbocycles. The standard InChI is InChI=1S/C13H15FN2O/c1-9-2-4-11(17-9)6-7-16-13-8-10(14)3-5-12(13)15/h2-5,8,16H,6-7,15H2,1H3. The molecular formula is C13H15FN2O. The third-order valence-electron chi connectivity index (χ3n) is 2.50. The molecule has 0 saturated heterocycles. The van der Waals surface area contributed by atoms with E-state index in [4.69, 9.17) is 10.2 Å². The predicted molar refractivity (Wildman–Crippen MR) is 66.5 cm³/mol. The zero-order valence-electron chi connectivity index (χ0n) is 9.66. The van der Waals surface area contributed by atoms with Crippen molar-refractivity contribution in [2.24, 2.45) is 0 Å². The van der Waals surface area contributed by atoms with E-state index in [0.717, 1.165) is 17.9 Å². The van der Waals surface area contributed by atoms with Crippen LogP contribution in [0.25, 0.3) is 0 Å². The highest BCUT2D eigenvalue weighted by molar-refractivity contribution is 5.65. The summed E-state index contributed by atoms with van der Waals surface area (Å²) in [5.41, 5.74) is 6.88. The maximum atomic E-state index is 13.0. The topological polar surface area (TPSA) is 51.2 Å². The number of nitrogen functional groups attached to an aromatic ring is 1. The normalized spacial score (nSPS) is 10.5. The Bertz CT molecular complexity index is 508. The maximum absolute atomic E-state index is 13.0. The van der Waals surface area contributed by atoms with Crippen LogP contribution in [0.15, 0.2) is 34.7 Å². The van der Waals surface area contributed by atoms with Crippen molar-refractivity contribution in [1.82, 2.24) is 0 Å². The molecule has 2 rings (SSSR count). The van der Waals surface area contributed by atoms with Crippen molar-refractivity contribution in [3.63, 3.8) is 0 Å². The second-order valence-corrected chi connectivity index (χ2v) is 3.92. The van der Waals surface area contributed by atoms with Gasteiger partial charge >= 0.3 is 0 Å². The average molecular weight is 234 g/mol. The van der Waals surface area contributed by atoms with Gasteiger partial charge in [-0.1, -0.05) is 0 Å². The van der Waals surface area contributed by atoms with Gasteiger partial charge in [0.05, 0.1) is 11.4 Å². The minimum absolute atomic E-state index is 0.296. The first kappa shape index (κ1) is 11.5. The second-order valence-electron chi connectivity index (χ2n) is 3.92. The Kier molecular flexibility index (Phi) is 3.32. The molecule has 1 heterocycles. The first-order valence-corrected chi connectivity index (χ1v) is 5.49. The quantitative estimate of drug-likeness (QED) is 0.800. The van der Waals surface area contributed by atoms with Crippen LogP contribution in [0.3, 0.4) is 0 Å². The Morgan fingerprint density at radius 2 is 2.12 bits per heavy atom. The molecule has 3 nitrogen and oxygen atoms in total. The smallest absolute Gasteiger partial charge is 0.125 e. The van der Waals surface area contributed by atoms with Crippen LogP contribution in [0, 0.1) is 12.7 Å². The van der Waals surface area contributed by atoms with E-state index in [1.165, 1.54) is 12.1 Å². The minimum atomic E-state index is -0.296. The van der Waals surface area contributed by atoms with Crippen LogP contribution in [0.1, 0.15) is 11.5 Å². The molecule has 0 saturated carbocycles. The van der Waals surface area contributed by atoms with Gasteiger partial charge in [-0.05, 0) is 37.3 Å². The fourth-order valence-corrected chi connectivity index (χ4v) is 1.62. The summed E-state index contributed by atoms with van der Waals surface area (Å²) in [7, 11) is 0. The molecule has 0 bridgehead atoms. The number of halogens is 1. The van der Waals surface area contributed by atoms with E-state index in [9.17, 15) is 4.39 Å². The largest absolute Gasteiger partial charge is 0.466 e. The highest BCUT2D eigenvalue weighted by Gasteiger charge is 2.02. The number of anilines is 2. The van der Waals surface area contributed by atoms with Crippen molar-refractivity contribution < 1.29 is 8.81 Å². The molecule has 0 fully saturated rings. The lowest BCUT2D eigenvalue weighted by Gasteiger charge is -2.08. The van der Waals surface area contributed by atoms with Gasteiger partial charge in [-0.25, -0.2) is 4.39 Å². The Labute approximate surface area is 99.4 Å². The number of nitrogens with one attached hydrogen (secondary N) is 1. The van der Waals surface area contributed by atoms with Crippen LogP contribution >= 0.6 is 0 Å². The van der Waals surface area contributed by atoms with Gasteiger partial charge in [0.1, 0.15) is 17.3 Å². The molecule has 0 atom stereocenters. The average Bonchev–Trinajstić information content (AvgIpc) is 2.69. The second kappa shape index (κ2) is 4.91. The number of rotatable bonds is 4. The molecule has 0 aliphatic heterocycles. The Morgan fingerprint density at radius 3 is 2.82 bits per heavy atom. The van der Waals surface area contributed by atoms with Crippen LogP contribution in [-0.2, 0) is 6.42 Å². The lowest BCUT2D eigenvalue weighted by molar-refractivity contribution is 0.486. The highest BCUT2D eigenvalue weighted by atomic mass is 19.1. The summed E-state index contributed by atoms with van der Waals surface area (Å²) in [5.74, 6) is 1.51. The van der Waals surface area contributed by atoms with E-state index < -0.39 is 0 Å². The molecule has 0 unspecified atom stereocenters. The maximum Gasteiger partial charge on any atom is 0.125 e. The van der Waals surface area contributed by atoms with Crippen LogP contribution < -0.4 is 11.1 Å². The fourth-order valence-electron chi connectivity index (χ4n) is 1.62. The van der Waals surface area contributed by atoms with Gasteiger partial charge in [0.2, 0.25) is 0 Å². The fraction of sp³-hybridized carbons (Fsp3) is 0.231. The van der Waals surface area contributed by atoms with Gasteiger partial charge in [-0.3, -0.25) is 0 Å². The molecule has 2 aromatic rings. The van der Waals surface area contributed by atoms with Crippen molar-refractivity contribution in [1.29, 1.82) is 0 Å². The molecule has 90 valence electrons. The predicted octanol–water partition coefficient (Wildman–Crippen LogP) is 2.96. The molecule has 0 aliphatic carbocycles. The van der Waals surface area contributed by atoms with Gasteiger partial charge < -0.3 is 15.5 Å². The van der Waals surface area contributed by atoms with Crippen molar-refractivity contribution in [3.8, 4) is 0 Å². The van der Waals surface area contributed by atoms with E-state index >= 15 is 0 Å². The summed E-state index contributed by atoms with van der Waals surface area (Å²) in [4.78, 5) is 0. The van der Waals surface area contributed by atoms with Gasteiger partial charge in [-0.2, -0.15) is 0 Å². The van der Waals surface area contributed by atoms with Crippen LogP contribution in [0.4, 0.5) is 15.8 Å². The van der Waals surface area contributed by atoms with E-state index in [2.05, 4.69) is 5.32 Å². The molecule has 0 radical (unpaired) electrons. The van der Waals surface area contributed by atoms with Crippen LogP contribution in [-0.4, -0.2) is 6.54 Å². The first-order chi connectivity index (χ1) is 8.15. The molecule has 17 heavy (non-hydrogen) atoms. The number of furan rings is 1. The lowest BCUT2D eigenvalue weighted by atomic mass is 10.2. The van der Waals surface area contributed by atoms with E-state index in [1.54, 1.807) is 6.07 Å². The summed E-state index contributed by atoms with van der Waals surface area (Å²) < 4.78 is 18.4. The number of benzene rings is 1. The summed E-state index contributed by atoms with van der Waals surface area (Å²) in [6, 6.07) is 8.14. The van der Waals surface area contributed by atoms with Crippen molar-refractivity contribution >= 4 is 11.4 Å². The van der Waals surface area contributed by atoms with Gasteiger partial charge in [0.25, 0.3) is 0 Å². The third kappa shape index (κ3) is 3.00. The van der Waals surface area contributed by atoms with Crippen LogP contribution in [0.5, 0.6) is 0 Å². The van der Waals surface area contributed by atoms with E-state index in [0.29, 0.717) is 17.9 Å². The van der Waals surface area contributed by atoms with Gasteiger partial charge in [0, 0.05) is 13.0 Å². The van der Waals surface area contributed by atoms with Gasteiger partial charge in [-0.15, -0.1) is 0 Å². The summed E-state index contributed by atoms with van der Waals surface area (Å²) in [5, 5.41) is 3.09. The molecular weight excluding hydrogens is 219 g/mol. The Balaban J connectivity index is 1.91. The number of aryl methyl sites for hydroxylation is 1. The number of hydrogen-bond donors (Lipinski definition) is 2. The van der Waals surface area contributed by atoms with E-state index in [1.807, 2.05) is 19.1 Å². The van der Waals surface area contributed by atoms with Crippen molar-refractivity contribution in [2.75, 3.05) is 17.6 Å². The molecule has 0 aliphatic rings. The number of hydrogen-bond acceptors (Lipinski definition) is 3. The third-order valence-corrected chi connectivity index (χ3v) is 2.50. The summed E-state index contributed by atoms with van der Waals surface area (Å²) in [6.07, 6.45) is 0.740. The zero-order valence-corrected chi connectivity index (χ0v) is 9.66. The monoisotopic (exact) mass is 234 g/mol. The SMILES string of the molecule is Cc1ccc(CCNc2cc(F)ccc2N)o1. The number of nitrogens with two attached hydrogens (primary N) is 1. The lowest BCUT2D eigenvalue weighted by Crippen LogP contribution is -2.06. The summed E-state index contributed by atoms with van der Waals surface area (Å²) >= 11 is 0. The van der Waals surface area contributed by atoms with Gasteiger partial charge in [0.15, 0.2) is 0 Å². The van der Waals surface area contributed by atoms with Crippen LogP contribution in [0.2, 0.25) is 0 Å². The molecule has 0 amide bonds. The first-order valence-electron chi connectivity index (χ1n) is 5.49. The molecule has 4 heteroatoms. The highest BCUT2D eigenvalue weighted by Crippen LogP contribution is 2.19. The zero-order chi connectivity index (χ0) is 12.3. The van der Waals surface area contributed by atoms with Crippen molar-refractivity contribution in [2.45, 2.75) is 13.3 Å². The molecule has 1 aromatic heterocycles. The van der Waals surface area contributed by atoms with E-state index in [-0.39, 0.29) is 5.82 Å². The Morgan fingerprint density at radius 1 is 1.29 bits per heavy atom. The Hall–Kier alpha value is -1.97. The molecule has 3 N–H and O–H groups in total. The summed E-state index contributed by atoms with van der Waals surface area (Å²) in [6.45, 7) is 2.56.